The number of rotatable bonds is 5. The molecule has 1 atom stereocenters. The quantitative estimate of drug-likeness (QED) is 0.763. The highest BCUT2D eigenvalue weighted by Gasteiger charge is 2.22. The zero-order chi connectivity index (χ0) is 15.3. The molecule has 0 saturated heterocycles. The molecule has 7 heteroatoms. The Morgan fingerprint density at radius 1 is 1.35 bits per heavy atom. The number of carbonyl (C=O) groups is 2. The topological polar surface area (TPSA) is 93.4 Å². The van der Waals surface area contributed by atoms with E-state index < -0.39 is 23.8 Å². The van der Waals surface area contributed by atoms with Crippen LogP contribution >= 0.6 is 0 Å². The minimum atomic E-state index is -0.811. The Labute approximate surface area is 116 Å². The molecule has 110 valence electrons. The summed E-state index contributed by atoms with van der Waals surface area (Å²) in [6, 6.07) is 2.25. The first kappa shape index (κ1) is 15.7. The van der Waals surface area contributed by atoms with E-state index in [0.29, 0.717) is 5.75 Å². The first-order chi connectivity index (χ1) is 9.35. The second-order valence-electron chi connectivity index (χ2n) is 4.57. The number of hydrogen-bond donors (Lipinski definition) is 3. The molecule has 0 aliphatic carbocycles. The summed E-state index contributed by atoms with van der Waals surface area (Å²) in [5, 5.41) is 4.85. The standard InChI is InChI=1S/C13H18FN3O3/c1-7(2)11(12(15)18)17-13(19)16-9-6-8(14)4-5-10(9)20-3/h4-7,11H,1-3H3,(H2,15,18)(H2,16,17,19)/t11-/m0/s1. The molecular formula is C13H18FN3O3. The molecular weight excluding hydrogens is 265 g/mol. The normalized spacial score (nSPS) is 11.8. The van der Waals surface area contributed by atoms with E-state index in [0.717, 1.165) is 6.07 Å². The fraction of sp³-hybridized carbons (Fsp3) is 0.385. The number of nitrogens with two attached hydrogens (primary N) is 1. The van der Waals surface area contributed by atoms with Crippen LogP contribution in [0.2, 0.25) is 0 Å². The van der Waals surface area contributed by atoms with E-state index in [1.54, 1.807) is 13.8 Å². The molecule has 0 aliphatic rings. The third-order valence-electron chi connectivity index (χ3n) is 2.67. The van der Waals surface area contributed by atoms with Crippen molar-refractivity contribution in [2.45, 2.75) is 19.9 Å². The lowest BCUT2D eigenvalue weighted by molar-refractivity contribution is -0.120. The van der Waals surface area contributed by atoms with E-state index in [2.05, 4.69) is 10.6 Å². The van der Waals surface area contributed by atoms with Crippen LogP contribution in [-0.2, 0) is 4.79 Å². The smallest absolute Gasteiger partial charge is 0.320 e. The zero-order valence-electron chi connectivity index (χ0n) is 11.6. The Kier molecular flexibility index (Phi) is 5.31. The molecule has 0 heterocycles. The van der Waals surface area contributed by atoms with Gasteiger partial charge in [0.1, 0.15) is 17.6 Å². The summed E-state index contributed by atoms with van der Waals surface area (Å²) in [5.74, 6) is -1.01. The molecule has 6 nitrogen and oxygen atoms in total. The van der Waals surface area contributed by atoms with Crippen molar-refractivity contribution >= 4 is 17.6 Å². The number of benzene rings is 1. The molecule has 3 amide bonds. The average Bonchev–Trinajstić information content (AvgIpc) is 2.35. The Bertz CT molecular complexity index is 506. The van der Waals surface area contributed by atoms with Crippen molar-refractivity contribution in [1.82, 2.24) is 5.32 Å². The molecule has 1 aromatic rings. The van der Waals surface area contributed by atoms with Gasteiger partial charge in [0.15, 0.2) is 0 Å². The van der Waals surface area contributed by atoms with E-state index in [-0.39, 0.29) is 11.6 Å². The summed E-state index contributed by atoms with van der Waals surface area (Å²) in [6.45, 7) is 3.50. The van der Waals surface area contributed by atoms with Crippen molar-refractivity contribution in [3.05, 3.63) is 24.0 Å². The van der Waals surface area contributed by atoms with Gasteiger partial charge >= 0.3 is 6.03 Å². The van der Waals surface area contributed by atoms with E-state index in [9.17, 15) is 14.0 Å². The number of primary amides is 1. The van der Waals surface area contributed by atoms with Gasteiger partial charge in [0.05, 0.1) is 12.8 Å². The number of halogens is 1. The summed E-state index contributed by atoms with van der Waals surface area (Å²) < 4.78 is 18.2. The molecule has 0 aromatic heterocycles. The van der Waals surface area contributed by atoms with Crippen LogP contribution in [0.4, 0.5) is 14.9 Å². The Morgan fingerprint density at radius 2 is 2.00 bits per heavy atom. The van der Waals surface area contributed by atoms with E-state index in [1.807, 2.05) is 0 Å². The highest BCUT2D eigenvalue weighted by molar-refractivity contribution is 5.94. The lowest BCUT2D eigenvalue weighted by atomic mass is 10.0. The van der Waals surface area contributed by atoms with Crippen LogP contribution in [-0.4, -0.2) is 25.1 Å². The van der Waals surface area contributed by atoms with E-state index in [1.165, 1.54) is 19.2 Å². The minimum Gasteiger partial charge on any atom is -0.495 e. The first-order valence-electron chi connectivity index (χ1n) is 6.05. The van der Waals surface area contributed by atoms with Crippen LogP contribution in [0.5, 0.6) is 5.75 Å². The van der Waals surface area contributed by atoms with Gasteiger partial charge in [-0.2, -0.15) is 0 Å². The highest BCUT2D eigenvalue weighted by Crippen LogP contribution is 2.24. The van der Waals surface area contributed by atoms with Crippen LogP contribution < -0.4 is 21.1 Å². The molecule has 0 saturated carbocycles. The maximum Gasteiger partial charge on any atom is 0.320 e. The van der Waals surface area contributed by atoms with Crippen molar-refractivity contribution in [3.63, 3.8) is 0 Å². The van der Waals surface area contributed by atoms with Crippen LogP contribution in [0.3, 0.4) is 0 Å². The third kappa shape index (κ3) is 4.11. The predicted molar refractivity (Wildman–Crippen MR) is 72.9 cm³/mol. The van der Waals surface area contributed by atoms with Gasteiger partial charge in [-0.3, -0.25) is 4.79 Å². The van der Waals surface area contributed by atoms with Gasteiger partial charge in [0, 0.05) is 6.07 Å². The van der Waals surface area contributed by atoms with Gasteiger partial charge in [0.2, 0.25) is 5.91 Å². The number of carbonyl (C=O) groups excluding carboxylic acids is 2. The van der Waals surface area contributed by atoms with Crippen molar-refractivity contribution in [1.29, 1.82) is 0 Å². The van der Waals surface area contributed by atoms with Gasteiger partial charge in [-0.25, -0.2) is 9.18 Å². The second-order valence-corrected chi connectivity index (χ2v) is 4.57. The Morgan fingerprint density at radius 3 is 2.50 bits per heavy atom. The summed E-state index contributed by atoms with van der Waals surface area (Å²) in [4.78, 5) is 23.0. The lowest BCUT2D eigenvalue weighted by Gasteiger charge is -2.19. The third-order valence-corrected chi connectivity index (χ3v) is 2.67. The van der Waals surface area contributed by atoms with Gasteiger partial charge in [-0.1, -0.05) is 13.8 Å². The van der Waals surface area contributed by atoms with E-state index >= 15 is 0 Å². The van der Waals surface area contributed by atoms with E-state index in [4.69, 9.17) is 10.5 Å². The number of hydrogen-bond acceptors (Lipinski definition) is 3. The number of anilines is 1. The van der Waals surface area contributed by atoms with Gasteiger partial charge in [-0.05, 0) is 18.1 Å². The largest absolute Gasteiger partial charge is 0.495 e. The molecule has 0 unspecified atom stereocenters. The second kappa shape index (κ2) is 6.74. The summed E-state index contributed by atoms with van der Waals surface area (Å²) >= 11 is 0. The zero-order valence-corrected chi connectivity index (χ0v) is 11.6. The van der Waals surface area contributed by atoms with Gasteiger partial charge < -0.3 is 21.1 Å². The summed E-state index contributed by atoms with van der Waals surface area (Å²) in [7, 11) is 1.40. The van der Waals surface area contributed by atoms with Crippen LogP contribution in [0, 0.1) is 11.7 Å². The molecule has 1 aromatic carbocycles. The van der Waals surface area contributed by atoms with Gasteiger partial charge in [-0.15, -0.1) is 0 Å². The van der Waals surface area contributed by atoms with Gasteiger partial charge in [0.25, 0.3) is 0 Å². The van der Waals surface area contributed by atoms with Crippen molar-refractivity contribution in [2.75, 3.05) is 12.4 Å². The van der Waals surface area contributed by atoms with Crippen molar-refractivity contribution in [2.24, 2.45) is 11.7 Å². The summed E-state index contributed by atoms with van der Waals surface area (Å²) in [6.07, 6.45) is 0. The van der Waals surface area contributed by atoms with Crippen LogP contribution in [0.15, 0.2) is 18.2 Å². The minimum absolute atomic E-state index is 0.160. The molecule has 0 aliphatic heterocycles. The molecule has 0 fully saturated rings. The fourth-order valence-corrected chi connectivity index (χ4v) is 1.64. The molecule has 0 spiro atoms. The molecule has 4 N–H and O–H groups in total. The summed E-state index contributed by atoms with van der Waals surface area (Å²) in [5.41, 5.74) is 5.36. The van der Waals surface area contributed by atoms with Crippen molar-refractivity contribution < 1.29 is 18.7 Å². The molecule has 20 heavy (non-hydrogen) atoms. The molecule has 1 rings (SSSR count). The molecule has 0 bridgehead atoms. The Balaban J connectivity index is 2.80. The molecule has 0 radical (unpaired) electrons. The predicted octanol–water partition coefficient (Wildman–Crippen LogP) is 1.47. The lowest BCUT2D eigenvalue weighted by Crippen LogP contribution is -2.49. The van der Waals surface area contributed by atoms with Crippen molar-refractivity contribution in [3.8, 4) is 5.75 Å². The Hall–Kier alpha value is -2.31. The first-order valence-corrected chi connectivity index (χ1v) is 6.05. The SMILES string of the molecule is COc1ccc(F)cc1NC(=O)N[C@H](C(N)=O)C(C)C. The van der Waals surface area contributed by atoms with Crippen LogP contribution in [0.25, 0.3) is 0 Å². The number of nitrogens with one attached hydrogen (secondary N) is 2. The monoisotopic (exact) mass is 283 g/mol. The average molecular weight is 283 g/mol. The number of ether oxygens (including phenoxy) is 1. The number of urea groups is 1. The number of amides is 3. The maximum absolute atomic E-state index is 13.2. The maximum atomic E-state index is 13.2. The fourth-order valence-electron chi connectivity index (χ4n) is 1.64. The number of methoxy groups -OCH3 is 1. The van der Waals surface area contributed by atoms with Crippen LogP contribution in [0.1, 0.15) is 13.8 Å². The highest BCUT2D eigenvalue weighted by atomic mass is 19.1.